The Morgan fingerprint density at radius 3 is 1.42 bits per heavy atom. The van der Waals surface area contributed by atoms with Crippen LogP contribution in [-0.4, -0.2) is 0 Å². The molecule has 4 rings (SSSR count). The molecule has 0 saturated carbocycles. The molecule has 126 valence electrons. The van der Waals surface area contributed by atoms with E-state index in [9.17, 15) is 0 Å². The molecule has 0 aliphatic carbocycles. The normalized spacial score (nSPS) is 11.1. The van der Waals surface area contributed by atoms with E-state index in [4.69, 9.17) is 11.2 Å². The highest BCUT2D eigenvalue weighted by atomic mass is 35.7. The fraction of sp³-hybridized carbons (Fsp3) is 0. The highest BCUT2D eigenvalue weighted by molar-refractivity contribution is 7.75. The van der Waals surface area contributed by atoms with E-state index in [-0.39, 0.29) is 7.93 Å². The summed E-state index contributed by atoms with van der Waals surface area (Å²) in [5.74, 6) is 0. The van der Waals surface area contributed by atoms with Gasteiger partial charge in [-0.05, 0) is 38.7 Å². The highest BCUT2D eigenvalue weighted by Gasteiger charge is 2.17. The van der Waals surface area contributed by atoms with Crippen LogP contribution in [0.4, 0.5) is 0 Å². The van der Waals surface area contributed by atoms with E-state index in [1.54, 1.807) is 0 Å². The SMILES string of the molecule is ClPc1ccc(-c2ccccc2)c(-c2ccccc2)c1-c1ccccc1. The Bertz CT molecular complexity index is 996. The molecule has 26 heavy (non-hydrogen) atoms. The molecule has 0 amide bonds. The average Bonchev–Trinajstić information content (AvgIpc) is 2.74. The van der Waals surface area contributed by atoms with Crippen LogP contribution in [0.15, 0.2) is 103 Å². The van der Waals surface area contributed by atoms with Gasteiger partial charge in [-0.3, -0.25) is 0 Å². The molecule has 4 aromatic rings. The van der Waals surface area contributed by atoms with Crippen molar-refractivity contribution in [2.45, 2.75) is 0 Å². The Balaban J connectivity index is 2.09. The van der Waals surface area contributed by atoms with Crippen LogP contribution in [0, 0.1) is 0 Å². The van der Waals surface area contributed by atoms with Gasteiger partial charge in [-0.1, -0.05) is 114 Å². The van der Waals surface area contributed by atoms with Crippen LogP contribution in [0.2, 0.25) is 0 Å². The molecule has 1 atom stereocenters. The van der Waals surface area contributed by atoms with E-state index < -0.39 is 0 Å². The maximum atomic E-state index is 6.37. The zero-order valence-electron chi connectivity index (χ0n) is 14.2. The minimum Gasteiger partial charge on any atom is -0.0948 e. The lowest BCUT2D eigenvalue weighted by molar-refractivity contribution is 1.58. The summed E-state index contributed by atoms with van der Waals surface area (Å²) in [5.41, 5.74) is 7.33. The van der Waals surface area contributed by atoms with Gasteiger partial charge in [0, 0.05) is 7.93 Å². The van der Waals surface area contributed by atoms with Crippen LogP contribution in [0.5, 0.6) is 0 Å². The summed E-state index contributed by atoms with van der Waals surface area (Å²) in [6, 6.07) is 36.1. The molecule has 0 fully saturated rings. The summed E-state index contributed by atoms with van der Waals surface area (Å²) in [5, 5.41) is 1.18. The zero-order chi connectivity index (χ0) is 17.8. The van der Waals surface area contributed by atoms with E-state index >= 15 is 0 Å². The second kappa shape index (κ2) is 7.87. The molecule has 0 aromatic heterocycles. The Morgan fingerprint density at radius 1 is 0.462 bits per heavy atom. The average molecular weight is 373 g/mol. The molecule has 0 bridgehead atoms. The number of halogens is 1. The van der Waals surface area contributed by atoms with Gasteiger partial charge in [0.1, 0.15) is 0 Å². The molecule has 0 nitrogen and oxygen atoms in total. The van der Waals surface area contributed by atoms with Crippen molar-refractivity contribution in [2.24, 2.45) is 0 Å². The first-order valence-corrected chi connectivity index (χ1v) is 10.6. The third-order valence-corrected chi connectivity index (χ3v) is 5.75. The van der Waals surface area contributed by atoms with Crippen molar-refractivity contribution in [3.63, 3.8) is 0 Å². The lowest BCUT2D eigenvalue weighted by atomic mass is 9.87. The van der Waals surface area contributed by atoms with Crippen molar-refractivity contribution in [3.8, 4) is 33.4 Å². The van der Waals surface area contributed by atoms with E-state index in [2.05, 4.69) is 103 Å². The molecule has 0 saturated heterocycles. The molecule has 0 heterocycles. The summed E-state index contributed by atoms with van der Waals surface area (Å²) in [4.78, 5) is 0. The van der Waals surface area contributed by atoms with Crippen LogP contribution >= 0.6 is 19.2 Å². The van der Waals surface area contributed by atoms with Gasteiger partial charge in [0.05, 0.1) is 0 Å². The predicted octanol–water partition coefficient (Wildman–Crippen LogP) is 7.15. The molecule has 0 radical (unpaired) electrons. The highest BCUT2D eigenvalue weighted by Crippen LogP contribution is 2.41. The third-order valence-electron chi connectivity index (χ3n) is 4.52. The smallest absolute Gasteiger partial charge is 0.00725 e. The lowest BCUT2D eigenvalue weighted by Gasteiger charge is -2.19. The summed E-state index contributed by atoms with van der Waals surface area (Å²) in [7, 11) is 0.222. The Hall–Kier alpha value is -2.40. The van der Waals surface area contributed by atoms with Gasteiger partial charge in [-0.15, -0.1) is 0 Å². The molecule has 0 aliphatic heterocycles. The number of hydrogen-bond donors (Lipinski definition) is 0. The second-order valence-corrected chi connectivity index (χ2v) is 7.40. The summed E-state index contributed by atoms with van der Waals surface area (Å²) < 4.78 is 0. The van der Waals surface area contributed by atoms with Gasteiger partial charge in [-0.25, -0.2) is 0 Å². The summed E-state index contributed by atoms with van der Waals surface area (Å²) >= 11 is 6.37. The molecule has 0 spiro atoms. The van der Waals surface area contributed by atoms with Crippen molar-refractivity contribution in [1.82, 2.24) is 0 Å². The van der Waals surface area contributed by atoms with Gasteiger partial charge in [-0.2, -0.15) is 0 Å². The van der Waals surface area contributed by atoms with Crippen molar-refractivity contribution < 1.29 is 0 Å². The van der Waals surface area contributed by atoms with Crippen LogP contribution in [-0.2, 0) is 0 Å². The van der Waals surface area contributed by atoms with E-state index in [0.717, 1.165) is 0 Å². The first-order valence-electron chi connectivity index (χ1n) is 8.58. The van der Waals surface area contributed by atoms with Crippen LogP contribution in [0.25, 0.3) is 33.4 Å². The van der Waals surface area contributed by atoms with Crippen molar-refractivity contribution >= 4 is 24.5 Å². The minimum atomic E-state index is 0.222. The van der Waals surface area contributed by atoms with Crippen molar-refractivity contribution in [1.29, 1.82) is 0 Å². The van der Waals surface area contributed by atoms with Crippen molar-refractivity contribution in [2.75, 3.05) is 0 Å². The topological polar surface area (TPSA) is 0 Å². The van der Waals surface area contributed by atoms with Crippen LogP contribution in [0.1, 0.15) is 0 Å². The van der Waals surface area contributed by atoms with Gasteiger partial charge in [0.25, 0.3) is 0 Å². The molecule has 0 N–H and O–H groups in total. The van der Waals surface area contributed by atoms with Crippen LogP contribution < -0.4 is 5.30 Å². The maximum absolute atomic E-state index is 6.37. The van der Waals surface area contributed by atoms with Crippen LogP contribution in [0.3, 0.4) is 0 Å². The molecule has 4 aromatic carbocycles. The largest absolute Gasteiger partial charge is 0.0948 e. The second-order valence-electron chi connectivity index (χ2n) is 6.10. The Labute approximate surface area is 161 Å². The third kappa shape index (κ3) is 3.31. The van der Waals surface area contributed by atoms with E-state index in [1.165, 1.54) is 38.7 Å². The fourth-order valence-electron chi connectivity index (χ4n) is 3.35. The lowest BCUT2D eigenvalue weighted by Crippen LogP contribution is -2.03. The first-order chi connectivity index (χ1) is 12.9. The molecule has 0 aliphatic rings. The summed E-state index contributed by atoms with van der Waals surface area (Å²) in [6.07, 6.45) is 0. The van der Waals surface area contributed by atoms with Gasteiger partial charge >= 0.3 is 0 Å². The van der Waals surface area contributed by atoms with Gasteiger partial charge in [0.15, 0.2) is 0 Å². The predicted molar refractivity (Wildman–Crippen MR) is 117 cm³/mol. The standard InChI is InChI=1S/C24H18ClP/c25-26-22-17-16-21(18-10-4-1-5-11-18)23(19-12-6-2-7-13-19)24(22)20-14-8-3-9-15-20/h1-17,26H. The number of hydrogen-bond acceptors (Lipinski definition) is 0. The molecule has 2 heteroatoms. The zero-order valence-corrected chi connectivity index (χ0v) is 15.9. The first kappa shape index (κ1) is 17.0. The van der Waals surface area contributed by atoms with E-state index in [0.29, 0.717) is 0 Å². The molecular weight excluding hydrogens is 355 g/mol. The summed E-state index contributed by atoms with van der Waals surface area (Å²) in [6.45, 7) is 0. The fourth-order valence-corrected chi connectivity index (χ4v) is 4.33. The Morgan fingerprint density at radius 2 is 0.923 bits per heavy atom. The Kier molecular flexibility index (Phi) is 5.16. The minimum absolute atomic E-state index is 0.222. The van der Waals surface area contributed by atoms with Gasteiger partial charge in [0.2, 0.25) is 0 Å². The molecule has 1 unspecified atom stereocenters. The van der Waals surface area contributed by atoms with Gasteiger partial charge < -0.3 is 0 Å². The maximum Gasteiger partial charge on any atom is 0.00725 e. The van der Waals surface area contributed by atoms with Crippen molar-refractivity contribution in [3.05, 3.63) is 103 Å². The number of benzene rings is 4. The van der Waals surface area contributed by atoms with E-state index in [1.807, 2.05) is 0 Å². The monoisotopic (exact) mass is 372 g/mol. The quantitative estimate of drug-likeness (QED) is 0.334. The molecular formula is C24H18ClP. The number of rotatable bonds is 4.